The molecule has 1 aliphatic rings. The molecule has 0 saturated heterocycles. The maximum absolute atomic E-state index is 12.7. The number of ether oxygens (including phenoxy) is 2. The van der Waals surface area contributed by atoms with E-state index in [0.717, 1.165) is 36.3 Å². The largest absolute Gasteiger partial charge is 0.497 e. The first-order chi connectivity index (χ1) is 12.1. The molecule has 0 fully saturated rings. The van der Waals surface area contributed by atoms with Gasteiger partial charge in [0.15, 0.2) is 0 Å². The molecule has 0 bridgehead atoms. The van der Waals surface area contributed by atoms with E-state index >= 15 is 0 Å². The zero-order valence-corrected chi connectivity index (χ0v) is 15.0. The van der Waals surface area contributed by atoms with E-state index in [1.165, 1.54) is 0 Å². The standard InChI is InChI=1S/C21H25NO3/c1-4-21(5-2)14-18(17-8-6-7-9-19(17)25-21)22-20(23)15-10-12-16(24-3)13-11-15/h6-13,18H,4-5,14H2,1-3H3,(H,22,23). The zero-order chi connectivity index (χ0) is 17.9. The Labute approximate surface area is 149 Å². The second-order valence-electron chi connectivity index (χ2n) is 6.49. The van der Waals surface area contributed by atoms with Gasteiger partial charge in [-0.3, -0.25) is 4.79 Å². The Morgan fingerprint density at radius 1 is 1.16 bits per heavy atom. The highest BCUT2D eigenvalue weighted by Crippen LogP contribution is 2.42. The van der Waals surface area contributed by atoms with Gasteiger partial charge in [0.25, 0.3) is 5.91 Å². The van der Waals surface area contributed by atoms with E-state index in [4.69, 9.17) is 9.47 Å². The highest BCUT2D eigenvalue weighted by Gasteiger charge is 2.38. The number of hydrogen-bond acceptors (Lipinski definition) is 3. The van der Waals surface area contributed by atoms with Crippen molar-refractivity contribution >= 4 is 5.91 Å². The summed E-state index contributed by atoms with van der Waals surface area (Å²) >= 11 is 0. The lowest BCUT2D eigenvalue weighted by Crippen LogP contribution is -2.44. The molecule has 1 aliphatic heterocycles. The maximum Gasteiger partial charge on any atom is 0.251 e. The van der Waals surface area contributed by atoms with Crippen LogP contribution >= 0.6 is 0 Å². The Hall–Kier alpha value is -2.49. The molecule has 0 saturated carbocycles. The van der Waals surface area contributed by atoms with E-state index in [1.807, 2.05) is 24.3 Å². The van der Waals surface area contributed by atoms with Gasteiger partial charge in [0, 0.05) is 17.5 Å². The van der Waals surface area contributed by atoms with Gasteiger partial charge in [-0.15, -0.1) is 0 Å². The van der Waals surface area contributed by atoms with Gasteiger partial charge in [0.2, 0.25) is 0 Å². The average Bonchev–Trinajstić information content (AvgIpc) is 2.67. The van der Waals surface area contributed by atoms with Crippen molar-refractivity contribution in [2.45, 2.75) is 44.8 Å². The zero-order valence-electron chi connectivity index (χ0n) is 15.0. The fraction of sp³-hybridized carbons (Fsp3) is 0.381. The Bertz CT molecular complexity index is 735. The number of amides is 1. The first-order valence-corrected chi connectivity index (χ1v) is 8.83. The van der Waals surface area contributed by atoms with Gasteiger partial charge in [-0.25, -0.2) is 0 Å². The number of rotatable bonds is 5. The van der Waals surface area contributed by atoms with E-state index in [0.29, 0.717) is 5.56 Å². The van der Waals surface area contributed by atoms with Crippen LogP contribution in [-0.2, 0) is 0 Å². The number of carbonyl (C=O) groups excluding carboxylic acids is 1. The summed E-state index contributed by atoms with van der Waals surface area (Å²) in [7, 11) is 1.61. The van der Waals surface area contributed by atoms with Crippen LogP contribution in [0.5, 0.6) is 11.5 Å². The number of carbonyl (C=O) groups is 1. The van der Waals surface area contributed by atoms with Gasteiger partial charge in [0.05, 0.1) is 13.2 Å². The quantitative estimate of drug-likeness (QED) is 0.872. The lowest BCUT2D eigenvalue weighted by molar-refractivity contribution is 0.0227. The van der Waals surface area contributed by atoms with Crippen molar-refractivity contribution in [3.8, 4) is 11.5 Å². The Kier molecular flexibility index (Phi) is 4.98. The van der Waals surface area contributed by atoms with E-state index in [1.54, 1.807) is 31.4 Å². The summed E-state index contributed by atoms with van der Waals surface area (Å²) < 4.78 is 11.5. The van der Waals surface area contributed by atoms with Crippen LogP contribution in [0, 0.1) is 0 Å². The van der Waals surface area contributed by atoms with Crippen LogP contribution in [-0.4, -0.2) is 18.6 Å². The Balaban J connectivity index is 1.85. The van der Waals surface area contributed by atoms with Crippen molar-refractivity contribution in [2.75, 3.05) is 7.11 Å². The van der Waals surface area contributed by atoms with Gasteiger partial charge in [0.1, 0.15) is 17.1 Å². The van der Waals surface area contributed by atoms with Crippen molar-refractivity contribution in [3.05, 3.63) is 59.7 Å². The molecule has 1 heterocycles. The third-order valence-corrected chi connectivity index (χ3v) is 5.14. The minimum atomic E-state index is -0.230. The molecule has 2 aromatic carbocycles. The number of nitrogens with one attached hydrogen (secondary N) is 1. The molecule has 1 amide bonds. The van der Waals surface area contributed by atoms with Crippen LogP contribution in [0.15, 0.2) is 48.5 Å². The summed E-state index contributed by atoms with van der Waals surface area (Å²) in [6.07, 6.45) is 2.60. The average molecular weight is 339 g/mol. The fourth-order valence-corrected chi connectivity index (χ4v) is 3.41. The molecule has 1 N–H and O–H groups in total. The molecular formula is C21H25NO3. The predicted molar refractivity (Wildman–Crippen MR) is 98.2 cm³/mol. The summed E-state index contributed by atoms with van der Waals surface area (Å²) in [5.74, 6) is 1.53. The van der Waals surface area contributed by atoms with E-state index in [9.17, 15) is 4.79 Å². The molecular weight excluding hydrogens is 314 g/mol. The second kappa shape index (κ2) is 7.18. The summed E-state index contributed by atoms with van der Waals surface area (Å²) in [4.78, 5) is 12.7. The highest BCUT2D eigenvalue weighted by molar-refractivity contribution is 5.94. The summed E-state index contributed by atoms with van der Waals surface area (Å²) in [6, 6.07) is 15.1. The SMILES string of the molecule is CCC1(CC)CC(NC(=O)c2ccc(OC)cc2)c2ccccc2O1. The van der Waals surface area contributed by atoms with E-state index in [-0.39, 0.29) is 17.6 Å². The number of hydrogen-bond donors (Lipinski definition) is 1. The number of fused-ring (bicyclic) bond motifs is 1. The van der Waals surface area contributed by atoms with Gasteiger partial charge < -0.3 is 14.8 Å². The highest BCUT2D eigenvalue weighted by atomic mass is 16.5. The molecule has 1 unspecified atom stereocenters. The third-order valence-electron chi connectivity index (χ3n) is 5.14. The van der Waals surface area contributed by atoms with Crippen LogP contribution in [0.25, 0.3) is 0 Å². The Morgan fingerprint density at radius 3 is 2.48 bits per heavy atom. The van der Waals surface area contributed by atoms with Crippen LogP contribution in [0.4, 0.5) is 0 Å². The molecule has 4 heteroatoms. The molecule has 3 rings (SSSR count). The summed E-state index contributed by atoms with van der Waals surface area (Å²) in [6.45, 7) is 4.28. The van der Waals surface area contributed by atoms with Crippen LogP contribution in [0.3, 0.4) is 0 Å². The molecule has 132 valence electrons. The molecule has 0 radical (unpaired) electrons. The number of methoxy groups -OCH3 is 1. The molecule has 0 aliphatic carbocycles. The summed E-state index contributed by atoms with van der Waals surface area (Å²) in [5, 5.41) is 3.19. The third kappa shape index (κ3) is 3.48. The molecule has 25 heavy (non-hydrogen) atoms. The second-order valence-corrected chi connectivity index (χ2v) is 6.49. The molecule has 4 nitrogen and oxygen atoms in total. The van der Waals surface area contributed by atoms with Crippen molar-refractivity contribution in [2.24, 2.45) is 0 Å². The van der Waals surface area contributed by atoms with Gasteiger partial charge in [-0.1, -0.05) is 32.0 Å². The Morgan fingerprint density at radius 2 is 1.84 bits per heavy atom. The minimum absolute atomic E-state index is 0.0561. The van der Waals surface area contributed by atoms with E-state index in [2.05, 4.69) is 19.2 Å². The van der Waals surface area contributed by atoms with Crippen molar-refractivity contribution in [3.63, 3.8) is 0 Å². The lowest BCUT2D eigenvalue weighted by Gasteiger charge is -2.41. The van der Waals surface area contributed by atoms with Crippen LogP contribution in [0.2, 0.25) is 0 Å². The molecule has 0 spiro atoms. The van der Waals surface area contributed by atoms with E-state index < -0.39 is 0 Å². The fourth-order valence-electron chi connectivity index (χ4n) is 3.41. The molecule has 0 aromatic heterocycles. The van der Waals surface area contributed by atoms with Gasteiger partial charge >= 0.3 is 0 Å². The van der Waals surface area contributed by atoms with Crippen molar-refractivity contribution < 1.29 is 14.3 Å². The van der Waals surface area contributed by atoms with Gasteiger partial charge in [-0.2, -0.15) is 0 Å². The molecule has 2 aromatic rings. The van der Waals surface area contributed by atoms with Gasteiger partial charge in [-0.05, 0) is 43.2 Å². The maximum atomic E-state index is 12.7. The lowest BCUT2D eigenvalue weighted by atomic mass is 9.83. The first-order valence-electron chi connectivity index (χ1n) is 8.83. The molecule has 1 atom stereocenters. The first kappa shape index (κ1) is 17.3. The topological polar surface area (TPSA) is 47.6 Å². The summed E-state index contributed by atoms with van der Waals surface area (Å²) in [5.41, 5.74) is 1.44. The number of para-hydroxylation sites is 1. The van der Waals surface area contributed by atoms with Crippen LogP contribution < -0.4 is 14.8 Å². The monoisotopic (exact) mass is 339 g/mol. The van der Waals surface area contributed by atoms with Crippen LogP contribution in [0.1, 0.15) is 55.1 Å². The normalized spacial score (nSPS) is 18.0. The smallest absolute Gasteiger partial charge is 0.251 e. The predicted octanol–water partition coefficient (Wildman–Crippen LogP) is 4.51. The number of benzene rings is 2. The minimum Gasteiger partial charge on any atom is -0.497 e. The van der Waals surface area contributed by atoms with Crippen molar-refractivity contribution in [1.82, 2.24) is 5.32 Å². The van der Waals surface area contributed by atoms with Crippen molar-refractivity contribution in [1.29, 1.82) is 0 Å².